The standard InChI is InChI=1S/C48H30/c1-4-15-31(16-5-1)34-27-28-37(36-22-11-10-21-35(34)36)38-29-30-43-46-39(38)25-14-26-42(46)47-44(32-17-6-2-7-18-32)40-23-12-13-24-41(40)45(48(43)47)33-19-8-3-9-20-33/h1-30H. The van der Waals surface area contributed by atoms with Gasteiger partial charge in [-0.3, -0.25) is 0 Å². The van der Waals surface area contributed by atoms with Gasteiger partial charge in [0.2, 0.25) is 0 Å². The molecule has 0 amide bonds. The highest BCUT2D eigenvalue weighted by Gasteiger charge is 2.31. The van der Waals surface area contributed by atoms with Crippen LogP contribution in [0.3, 0.4) is 0 Å². The fourth-order valence-corrected chi connectivity index (χ4v) is 8.25. The Morgan fingerprint density at radius 2 is 0.562 bits per heavy atom. The van der Waals surface area contributed by atoms with Crippen molar-refractivity contribution >= 4 is 32.3 Å². The maximum absolute atomic E-state index is 2.39. The molecule has 0 bridgehead atoms. The van der Waals surface area contributed by atoms with Crippen LogP contribution in [0.4, 0.5) is 0 Å². The van der Waals surface area contributed by atoms with Crippen molar-refractivity contribution in [2.45, 2.75) is 0 Å². The van der Waals surface area contributed by atoms with Crippen LogP contribution in [0, 0.1) is 0 Å². The predicted molar refractivity (Wildman–Crippen MR) is 205 cm³/mol. The fraction of sp³-hybridized carbons (Fsp3) is 0. The van der Waals surface area contributed by atoms with Gasteiger partial charge in [0.1, 0.15) is 0 Å². The molecule has 0 radical (unpaired) electrons. The first kappa shape index (κ1) is 26.9. The Bertz CT molecular complexity index is 2590. The average Bonchev–Trinajstić information content (AvgIpc) is 3.49. The minimum atomic E-state index is 1.24. The van der Waals surface area contributed by atoms with Crippen LogP contribution in [0.5, 0.6) is 0 Å². The molecule has 0 unspecified atom stereocenters. The van der Waals surface area contributed by atoms with E-state index in [1.165, 1.54) is 99.1 Å². The van der Waals surface area contributed by atoms with Gasteiger partial charge in [0.15, 0.2) is 0 Å². The van der Waals surface area contributed by atoms with Crippen molar-refractivity contribution < 1.29 is 0 Å². The van der Waals surface area contributed by atoms with Crippen molar-refractivity contribution in [3.05, 3.63) is 182 Å². The summed E-state index contributed by atoms with van der Waals surface area (Å²) in [4.78, 5) is 0. The molecule has 222 valence electrons. The van der Waals surface area contributed by atoms with E-state index in [1.807, 2.05) is 0 Å². The summed E-state index contributed by atoms with van der Waals surface area (Å²) in [6.07, 6.45) is 0. The summed E-state index contributed by atoms with van der Waals surface area (Å²) >= 11 is 0. The molecule has 48 heavy (non-hydrogen) atoms. The van der Waals surface area contributed by atoms with E-state index in [0.29, 0.717) is 0 Å². The second-order valence-corrected chi connectivity index (χ2v) is 12.7. The number of benzene rings is 9. The zero-order valence-electron chi connectivity index (χ0n) is 26.3. The highest BCUT2D eigenvalue weighted by molar-refractivity contribution is 6.29. The molecule has 0 aliphatic heterocycles. The Morgan fingerprint density at radius 3 is 1.12 bits per heavy atom. The second-order valence-electron chi connectivity index (χ2n) is 12.7. The topological polar surface area (TPSA) is 0 Å². The van der Waals surface area contributed by atoms with Crippen LogP contribution in [0.15, 0.2) is 182 Å². The van der Waals surface area contributed by atoms with Crippen molar-refractivity contribution in [2.75, 3.05) is 0 Å². The van der Waals surface area contributed by atoms with Crippen molar-refractivity contribution in [3.63, 3.8) is 0 Å². The third-order valence-electron chi connectivity index (χ3n) is 10.2. The molecule has 10 rings (SSSR count). The molecule has 0 atom stereocenters. The molecule has 0 saturated carbocycles. The summed E-state index contributed by atoms with van der Waals surface area (Å²) in [7, 11) is 0. The fourth-order valence-electron chi connectivity index (χ4n) is 8.25. The number of hydrogen-bond acceptors (Lipinski definition) is 0. The quantitative estimate of drug-likeness (QED) is 0.187. The molecule has 9 aromatic rings. The van der Waals surface area contributed by atoms with Crippen molar-refractivity contribution in [1.82, 2.24) is 0 Å². The first-order chi connectivity index (χ1) is 23.9. The lowest BCUT2D eigenvalue weighted by Gasteiger charge is -2.20. The Hall–Kier alpha value is -6.24. The lowest BCUT2D eigenvalue weighted by atomic mass is 9.82. The third kappa shape index (κ3) is 3.90. The van der Waals surface area contributed by atoms with Gasteiger partial charge in [-0.1, -0.05) is 182 Å². The average molecular weight is 607 g/mol. The summed E-state index contributed by atoms with van der Waals surface area (Å²) in [5.41, 5.74) is 15.4. The SMILES string of the molecule is c1ccc(-c2ccc(-c3ccc4c5c(cccc35)-c3c-4c(-c4ccccc4)c4ccccc4c3-c3ccccc3)c3ccccc23)cc1. The van der Waals surface area contributed by atoms with E-state index >= 15 is 0 Å². The van der Waals surface area contributed by atoms with Crippen LogP contribution in [0.2, 0.25) is 0 Å². The molecular weight excluding hydrogens is 577 g/mol. The zero-order chi connectivity index (χ0) is 31.6. The predicted octanol–water partition coefficient (Wildman–Crippen LogP) is 13.5. The van der Waals surface area contributed by atoms with Crippen LogP contribution >= 0.6 is 0 Å². The zero-order valence-corrected chi connectivity index (χ0v) is 26.3. The summed E-state index contributed by atoms with van der Waals surface area (Å²) in [5.74, 6) is 0. The molecule has 0 saturated heterocycles. The lowest BCUT2D eigenvalue weighted by Crippen LogP contribution is -1.93. The largest absolute Gasteiger partial charge is 0.0622 e. The number of hydrogen-bond donors (Lipinski definition) is 0. The van der Waals surface area contributed by atoms with E-state index in [1.54, 1.807) is 0 Å². The molecule has 1 aliphatic carbocycles. The Balaban J connectivity index is 1.31. The van der Waals surface area contributed by atoms with Gasteiger partial charge in [0.25, 0.3) is 0 Å². The van der Waals surface area contributed by atoms with E-state index in [0.717, 1.165) is 0 Å². The van der Waals surface area contributed by atoms with E-state index in [9.17, 15) is 0 Å². The first-order valence-electron chi connectivity index (χ1n) is 16.7. The summed E-state index contributed by atoms with van der Waals surface area (Å²) < 4.78 is 0. The molecule has 9 aromatic carbocycles. The maximum Gasteiger partial charge on any atom is -0.000741 e. The first-order valence-corrected chi connectivity index (χ1v) is 16.7. The number of rotatable bonds is 4. The molecule has 0 spiro atoms. The summed E-state index contributed by atoms with van der Waals surface area (Å²) in [6.45, 7) is 0. The second kappa shape index (κ2) is 10.7. The van der Waals surface area contributed by atoms with Crippen LogP contribution in [0.1, 0.15) is 0 Å². The maximum atomic E-state index is 2.39. The van der Waals surface area contributed by atoms with Crippen LogP contribution < -0.4 is 0 Å². The third-order valence-corrected chi connectivity index (χ3v) is 10.2. The molecule has 0 fully saturated rings. The smallest absolute Gasteiger partial charge is 0.000741 e. The van der Waals surface area contributed by atoms with Crippen LogP contribution in [-0.2, 0) is 0 Å². The van der Waals surface area contributed by atoms with Gasteiger partial charge >= 0.3 is 0 Å². The van der Waals surface area contributed by atoms with E-state index < -0.39 is 0 Å². The Kier molecular flexibility index (Phi) is 5.98. The molecule has 1 aliphatic rings. The normalized spacial score (nSPS) is 11.8. The van der Waals surface area contributed by atoms with Gasteiger partial charge in [-0.25, -0.2) is 0 Å². The Morgan fingerprint density at radius 1 is 0.188 bits per heavy atom. The van der Waals surface area contributed by atoms with E-state index in [2.05, 4.69) is 182 Å². The summed E-state index contributed by atoms with van der Waals surface area (Å²) in [6, 6.07) is 66.8. The lowest BCUT2D eigenvalue weighted by molar-refractivity contribution is 1.62. The number of fused-ring (bicyclic) bond motifs is 5. The van der Waals surface area contributed by atoms with E-state index in [-0.39, 0.29) is 0 Å². The summed E-state index contributed by atoms with van der Waals surface area (Å²) in [5, 5.41) is 7.75. The molecule has 0 heteroatoms. The van der Waals surface area contributed by atoms with Gasteiger partial charge in [0, 0.05) is 0 Å². The minimum absolute atomic E-state index is 1.24. The Labute approximate surface area is 280 Å². The van der Waals surface area contributed by atoms with Gasteiger partial charge in [-0.05, 0) is 99.1 Å². The molecule has 0 heterocycles. The van der Waals surface area contributed by atoms with Crippen molar-refractivity contribution in [3.8, 4) is 66.8 Å². The van der Waals surface area contributed by atoms with Gasteiger partial charge in [-0.15, -0.1) is 0 Å². The van der Waals surface area contributed by atoms with Gasteiger partial charge < -0.3 is 0 Å². The molecular formula is C48H30. The van der Waals surface area contributed by atoms with Crippen molar-refractivity contribution in [2.24, 2.45) is 0 Å². The highest BCUT2D eigenvalue weighted by atomic mass is 14.3. The minimum Gasteiger partial charge on any atom is -0.0622 e. The monoisotopic (exact) mass is 606 g/mol. The van der Waals surface area contributed by atoms with Crippen LogP contribution in [-0.4, -0.2) is 0 Å². The van der Waals surface area contributed by atoms with Crippen LogP contribution in [0.25, 0.3) is 99.1 Å². The highest BCUT2D eigenvalue weighted by Crippen LogP contribution is 2.58. The van der Waals surface area contributed by atoms with Gasteiger partial charge in [0.05, 0.1) is 0 Å². The molecule has 0 nitrogen and oxygen atoms in total. The van der Waals surface area contributed by atoms with Gasteiger partial charge in [-0.2, -0.15) is 0 Å². The molecule has 0 N–H and O–H groups in total. The van der Waals surface area contributed by atoms with E-state index in [4.69, 9.17) is 0 Å². The molecule has 0 aromatic heterocycles. The van der Waals surface area contributed by atoms with Crippen molar-refractivity contribution in [1.29, 1.82) is 0 Å².